The highest BCUT2D eigenvalue weighted by Gasteiger charge is 2.05. The van der Waals surface area contributed by atoms with E-state index in [1.165, 1.54) is 180 Å². The molecule has 0 atom stereocenters. The average Bonchev–Trinajstić information content (AvgIpc) is 2.80. The molecular weight excluding hydrogens is 431 g/mol. The Bertz CT molecular complexity index is 413. The Balaban J connectivity index is 3.03. The van der Waals surface area contributed by atoms with Crippen LogP contribution in [-0.2, 0) is 4.57 Å². The van der Waals surface area contributed by atoms with Crippen molar-refractivity contribution in [2.75, 3.05) is 19.5 Å². The van der Waals surface area contributed by atoms with E-state index in [-0.39, 0.29) is 0 Å². The molecule has 0 bridgehead atoms. The number of unbranched alkanes of at least 4 members (excludes halogenated alkanes) is 27. The fourth-order valence-electron chi connectivity index (χ4n) is 5.16. The molecule has 0 amide bonds. The van der Waals surface area contributed by atoms with Crippen molar-refractivity contribution in [2.24, 2.45) is 0 Å². The summed E-state index contributed by atoms with van der Waals surface area (Å²) >= 11 is 0. The van der Waals surface area contributed by atoms with E-state index >= 15 is 0 Å². The molecule has 0 saturated heterocycles. The van der Waals surface area contributed by atoms with Crippen LogP contribution < -0.4 is 0 Å². The lowest BCUT2D eigenvalue weighted by molar-refractivity contribution is 0.514. The van der Waals surface area contributed by atoms with E-state index < -0.39 is 7.14 Å². The quantitative estimate of drug-likeness (QED) is 0.0740. The van der Waals surface area contributed by atoms with Gasteiger partial charge < -0.3 is 4.57 Å². The normalized spacial score (nSPS) is 12.0. The van der Waals surface area contributed by atoms with E-state index in [4.69, 9.17) is 0 Å². The highest BCUT2D eigenvalue weighted by Crippen LogP contribution is 2.36. The van der Waals surface area contributed by atoms with E-state index in [0.717, 1.165) is 6.16 Å². The third kappa shape index (κ3) is 32.2. The lowest BCUT2D eigenvalue weighted by atomic mass is 10.0. The van der Waals surface area contributed by atoms with Crippen molar-refractivity contribution in [3.8, 4) is 0 Å². The summed E-state index contributed by atoms with van der Waals surface area (Å²) in [6.45, 7) is 6.15. The molecule has 0 unspecified atom stereocenters. The van der Waals surface area contributed by atoms with E-state index in [1.54, 1.807) is 0 Å². The van der Waals surface area contributed by atoms with Crippen LogP contribution in [0.15, 0.2) is 0 Å². The molecule has 0 N–H and O–H groups in total. The summed E-state index contributed by atoms with van der Waals surface area (Å²) in [4.78, 5) is 0. The topological polar surface area (TPSA) is 17.1 Å². The van der Waals surface area contributed by atoms with Gasteiger partial charge in [0.15, 0.2) is 0 Å². The van der Waals surface area contributed by atoms with Gasteiger partial charge in [0.25, 0.3) is 0 Å². The van der Waals surface area contributed by atoms with Crippen molar-refractivity contribution in [1.29, 1.82) is 0 Å². The van der Waals surface area contributed by atoms with Gasteiger partial charge in [0.05, 0.1) is 7.14 Å². The Kier molecular flexibility index (Phi) is 28.0. The van der Waals surface area contributed by atoms with Crippen molar-refractivity contribution in [3.05, 3.63) is 0 Å². The summed E-state index contributed by atoms with van der Waals surface area (Å²) in [5, 5.41) is 0. The molecule has 0 radical (unpaired) electrons. The molecule has 0 fully saturated rings. The molecule has 0 heterocycles. The second kappa shape index (κ2) is 27.8. The largest absolute Gasteiger partial charge is 0.324 e. The Morgan fingerprint density at radius 3 is 0.676 bits per heavy atom. The molecule has 0 aliphatic heterocycles. The van der Waals surface area contributed by atoms with Crippen LogP contribution >= 0.6 is 7.14 Å². The maximum atomic E-state index is 11.7. The first-order valence-electron chi connectivity index (χ1n) is 16.1. The lowest BCUT2D eigenvalue weighted by Crippen LogP contribution is -1.87. The minimum Gasteiger partial charge on any atom is -0.324 e. The van der Waals surface area contributed by atoms with E-state index in [2.05, 4.69) is 6.92 Å². The average molecular weight is 499 g/mol. The van der Waals surface area contributed by atoms with Crippen LogP contribution in [0.2, 0.25) is 0 Å². The van der Waals surface area contributed by atoms with Gasteiger partial charge in [0, 0.05) is 6.16 Å². The number of hydrogen-bond donors (Lipinski definition) is 0. The minimum atomic E-state index is -1.77. The van der Waals surface area contributed by atoms with Gasteiger partial charge in [0.2, 0.25) is 0 Å². The van der Waals surface area contributed by atoms with E-state index in [0.29, 0.717) is 0 Å². The molecule has 0 aliphatic carbocycles. The van der Waals surface area contributed by atoms with Gasteiger partial charge in [-0.3, -0.25) is 0 Å². The summed E-state index contributed by atoms with van der Waals surface area (Å²) < 4.78 is 11.7. The fraction of sp³-hybridized carbons (Fsp3) is 1.00. The molecule has 1 nitrogen and oxygen atoms in total. The molecule has 0 aromatic rings. The van der Waals surface area contributed by atoms with Crippen molar-refractivity contribution in [2.45, 2.75) is 187 Å². The van der Waals surface area contributed by atoms with Crippen LogP contribution in [-0.4, -0.2) is 19.5 Å². The smallest absolute Gasteiger partial charge is 0.0819 e. The van der Waals surface area contributed by atoms with Crippen LogP contribution in [0.5, 0.6) is 0 Å². The van der Waals surface area contributed by atoms with Crippen molar-refractivity contribution < 1.29 is 4.57 Å². The van der Waals surface area contributed by atoms with Crippen LogP contribution in [0.25, 0.3) is 0 Å². The van der Waals surface area contributed by atoms with E-state index in [9.17, 15) is 4.57 Å². The first-order valence-corrected chi connectivity index (χ1v) is 18.9. The van der Waals surface area contributed by atoms with Gasteiger partial charge in [-0.2, -0.15) is 0 Å². The molecule has 206 valence electrons. The monoisotopic (exact) mass is 498 g/mol. The molecular formula is C32H67OP. The Hall–Kier alpha value is 0.230. The molecule has 34 heavy (non-hydrogen) atoms. The molecule has 0 saturated carbocycles. The number of rotatable bonds is 29. The third-order valence-electron chi connectivity index (χ3n) is 7.55. The first-order chi connectivity index (χ1) is 16.6. The third-order valence-corrected chi connectivity index (χ3v) is 8.94. The summed E-state index contributed by atoms with van der Waals surface area (Å²) in [6.07, 6.45) is 41.3. The lowest BCUT2D eigenvalue weighted by Gasteiger charge is -2.06. The Labute approximate surface area is 217 Å². The molecule has 2 heteroatoms. The van der Waals surface area contributed by atoms with Crippen molar-refractivity contribution in [1.82, 2.24) is 0 Å². The SMILES string of the molecule is CCCCCCCCCCCCCCCCCCCCCCCCCCCCCCP(C)(C)=O. The second-order valence-electron chi connectivity index (χ2n) is 11.8. The van der Waals surface area contributed by atoms with Gasteiger partial charge in [-0.15, -0.1) is 0 Å². The molecule has 0 aromatic heterocycles. The van der Waals surface area contributed by atoms with Crippen LogP contribution in [0.3, 0.4) is 0 Å². The zero-order valence-corrected chi connectivity index (χ0v) is 25.3. The summed E-state index contributed by atoms with van der Waals surface area (Å²) in [7, 11) is -1.77. The summed E-state index contributed by atoms with van der Waals surface area (Å²) in [5.74, 6) is 0. The zero-order valence-electron chi connectivity index (χ0n) is 24.4. The summed E-state index contributed by atoms with van der Waals surface area (Å²) in [6, 6.07) is 0. The highest BCUT2D eigenvalue weighted by molar-refractivity contribution is 7.62. The van der Waals surface area contributed by atoms with Gasteiger partial charge in [-0.05, 0) is 19.8 Å². The molecule has 0 rings (SSSR count). The fourth-order valence-corrected chi connectivity index (χ4v) is 6.15. The van der Waals surface area contributed by atoms with Crippen molar-refractivity contribution >= 4 is 7.14 Å². The van der Waals surface area contributed by atoms with Crippen molar-refractivity contribution in [3.63, 3.8) is 0 Å². The predicted molar refractivity (Wildman–Crippen MR) is 159 cm³/mol. The van der Waals surface area contributed by atoms with Crippen LogP contribution in [0.4, 0.5) is 0 Å². The maximum Gasteiger partial charge on any atom is 0.0819 e. The Morgan fingerprint density at radius 2 is 0.500 bits per heavy atom. The van der Waals surface area contributed by atoms with Gasteiger partial charge >= 0.3 is 0 Å². The first kappa shape index (κ1) is 34.2. The van der Waals surface area contributed by atoms with Crippen LogP contribution in [0, 0.1) is 0 Å². The van der Waals surface area contributed by atoms with Gasteiger partial charge in [-0.25, -0.2) is 0 Å². The van der Waals surface area contributed by atoms with Gasteiger partial charge in [-0.1, -0.05) is 180 Å². The summed E-state index contributed by atoms with van der Waals surface area (Å²) in [5.41, 5.74) is 0. The zero-order chi connectivity index (χ0) is 25.0. The second-order valence-corrected chi connectivity index (χ2v) is 15.4. The minimum absolute atomic E-state index is 0.951. The predicted octanol–water partition coefficient (Wildman–Crippen LogP) is 12.6. The number of hydrogen-bond acceptors (Lipinski definition) is 1. The molecule has 0 aromatic carbocycles. The molecule has 0 aliphatic rings. The van der Waals surface area contributed by atoms with Crippen LogP contribution in [0.1, 0.15) is 187 Å². The standard InChI is InChI=1S/C32H67OP/c1-4-5-6-7-8-9-10-11-12-13-14-15-16-17-18-19-20-21-22-23-24-25-26-27-28-29-30-31-32-34(2,3)33/h4-32H2,1-3H3. The maximum absolute atomic E-state index is 11.7. The highest BCUT2D eigenvalue weighted by atomic mass is 31.2. The van der Waals surface area contributed by atoms with Gasteiger partial charge in [0.1, 0.15) is 0 Å². The molecule has 0 spiro atoms. The van der Waals surface area contributed by atoms with E-state index in [1.807, 2.05) is 13.3 Å². The Morgan fingerprint density at radius 1 is 0.324 bits per heavy atom.